The Bertz CT molecular complexity index is 1050. The molecule has 2 aromatic carbocycles. The van der Waals surface area contributed by atoms with Gasteiger partial charge in [0.15, 0.2) is 0 Å². The summed E-state index contributed by atoms with van der Waals surface area (Å²) < 4.78 is 20.3. The van der Waals surface area contributed by atoms with Crippen LogP contribution < -0.4 is 5.32 Å². The van der Waals surface area contributed by atoms with Gasteiger partial charge in [-0.05, 0) is 94.2 Å². The van der Waals surface area contributed by atoms with E-state index in [0.717, 1.165) is 49.7 Å². The molecular weight excluding hydrogens is 453 g/mol. The molecule has 0 bridgehead atoms. The van der Waals surface area contributed by atoms with Gasteiger partial charge >= 0.3 is 5.97 Å². The Morgan fingerprint density at radius 1 is 1.12 bits per heavy atom. The average Bonchev–Trinajstić information content (AvgIpc) is 3.35. The molecule has 1 amide bonds. The predicted octanol–water partition coefficient (Wildman–Crippen LogP) is 7.06. The van der Waals surface area contributed by atoms with Crippen molar-refractivity contribution in [2.75, 3.05) is 5.32 Å². The fourth-order valence-corrected chi connectivity index (χ4v) is 5.09. The SMILES string of the molecule is CC(C)(C)OC(=O)C1(Cc2ccc(F)c(NC(=O)C(c3ccc(Cl)cc3)C3CCCC3)c2)CC1. The Kier molecular flexibility index (Phi) is 7.04. The third-order valence-electron chi connectivity index (χ3n) is 6.90. The van der Waals surface area contributed by atoms with E-state index in [9.17, 15) is 14.0 Å². The largest absolute Gasteiger partial charge is 0.460 e. The van der Waals surface area contributed by atoms with Crippen LogP contribution in [0, 0.1) is 17.2 Å². The van der Waals surface area contributed by atoms with Gasteiger partial charge in [0.25, 0.3) is 0 Å². The molecule has 1 unspecified atom stereocenters. The lowest BCUT2D eigenvalue weighted by molar-refractivity contribution is -0.161. The molecule has 2 aromatic rings. The fraction of sp³-hybridized carbons (Fsp3) is 0.500. The highest BCUT2D eigenvalue weighted by Gasteiger charge is 2.52. The van der Waals surface area contributed by atoms with Gasteiger partial charge in [0.1, 0.15) is 11.4 Å². The minimum absolute atomic E-state index is 0.152. The molecule has 182 valence electrons. The second-order valence-electron chi connectivity index (χ2n) is 10.8. The van der Waals surface area contributed by atoms with Gasteiger partial charge in [-0.25, -0.2) is 4.39 Å². The van der Waals surface area contributed by atoms with Crippen LogP contribution >= 0.6 is 11.6 Å². The molecule has 2 saturated carbocycles. The van der Waals surface area contributed by atoms with E-state index in [1.807, 2.05) is 32.9 Å². The summed E-state index contributed by atoms with van der Waals surface area (Å²) in [4.78, 5) is 26.1. The highest BCUT2D eigenvalue weighted by Crippen LogP contribution is 2.50. The molecule has 0 radical (unpaired) electrons. The summed E-state index contributed by atoms with van der Waals surface area (Å²) in [6.07, 6.45) is 6.11. The lowest BCUT2D eigenvalue weighted by Crippen LogP contribution is -2.31. The number of anilines is 1. The van der Waals surface area contributed by atoms with Crippen molar-refractivity contribution in [1.29, 1.82) is 0 Å². The molecule has 0 spiro atoms. The number of halogens is 2. The Labute approximate surface area is 206 Å². The molecule has 4 nitrogen and oxygen atoms in total. The number of rotatable bonds is 7. The Balaban J connectivity index is 1.52. The smallest absolute Gasteiger partial charge is 0.312 e. The average molecular weight is 486 g/mol. The third-order valence-corrected chi connectivity index (χ3v) is 7.15. The lowest BCUT2D eigenvalue weighted by atomic mass is 9.84. The number of hydrogen-bond donors (Lipinski definition) is 1. The maximum absolute atomic E-state index is 14.7. The fourth-order valence-electron chi connectivity index (χ4n) is 4.97. The zero-order valence-electron chi connectivity index (χ0n) is 20.1. The lowest BCUT2D eigenvalue weighted by Gasteiger charge is -2.24. The van der Waals surface area contributed by atoms with Crippen LogP contribution in [0.25, 0.3) is 0 Å². The van der Waals surface area contributed by atoms with Crippen LogP contribution in [0.15, 0.2) is 42.5 Å². The molecule has 1 N–H and O–H groups in total. The van der Waals surface area contributed by atoms with Gasteiger partial charge < -0.3 is 10.1 Å². The monoisotopic (exact) mass is 485 g/mol. The molecule has 6 heteroatoms. The van der Waals surface area contributed by atoms with E-state index in [1.165, 1.54) is 6.07 Å². The van der Waals surface area contributed by atoms with Gasteiger partial charge in [-0.15, -0.1) is 0 Å². The number of ether oxygens (including phenoxy) is 1. The van der Waals surface area contributed by atoms with Crippen LogP contribution in [0.2, 0.25) is 5.02 Å². The second-order valence-corrected chi connectivity index (χ2v) is 11.3. The van der Waals surface area contributed by atoms with E-state index in [2.05, 4.69) is 5.32 Å². The minimum atomic E-state index is -0.553. The Morgan fingerprint density at radius 3 is 2.35 bits per heavy atom. The van der Waals surface area contributed by atoms with Crippen LogP contribution in [-0.2, 0) is 20.7 Å². The van der Waals surface area contributed by atoms with Gasteiger partial charge in [0, 0.05) is 5.02 Å². The van der Waals surface area contributed by atoms with E-state index in [0.29, 0.717) is 11.4 Å². The second kappa shape index (κ2) is 9.69. The van der Waals surface area contributed by atoms with Gasteiger partial charge in [-0.1, -0.05) is 42.6 Å². The first kappa shape index (κ1) is 24.7. The maximum atomic E-state index is 14.7. The van der Waals surface area contributed by atoms with Crippen LogP contribution in [0.1, 0.15) is 76.3 Å². The van der Waals surface area contributed by atoms with Crippen molar-refractivity contribution < 1.29 is 18.7 Å². The molecule has 1 atom stereocenters. The predicted molar refractivity (Wildman–Crippen MR) is 132 cm³/mol. The van der Waals surface area contributed by atoms with Crippen molar-refractivity contribution in [2.24, 2.45) is 11.3 Å². The highest BCUT2D eigenvalue weighted by atomic mass is 35.5. The van der Waals surface area contributed by atoms with E-state index < -0.39 is 16.8 Å². The molecule has 2 aliphatic carbocycles. The van der Waals surface area contributed by atoms with E-state index in [4.69, 9.17) is 16.3 Å². The van der Waals surface area contributed by atoms with Crippen molar-refractivity contribution >= 4 is 29.2 Å². The maximum Gasteiger partial charge on any atom is 0.312 e. The number of carbonyl (C=O) groups is 2. The summed E-state index contributed by atoms with van der Waals surface area (Å²) in [6, 6.07) is 12.1. The van der Waals surface area contributed by atoms with Crippen molar-refractivity contribution in [3.05, 3.63) is 64.4 Å². The van der Waals surface area contributed by atoms with Crippen molar-refractivity contribution in [1.82, 2.24) is 0 Å². The molecule has 0 heterocycles. The number of benzene rings is 2. The summed E-state index contributed by atoms with van der Waals surface area (Å²) in [7, 11) is 0. The quantitative estimate of drug-likeness (QED) is 0.427. The zero-order valence-corrected chi connectivity index (χ0v) is 20.9. The highest BCUT2D eigenvalue weighted by molar-refractivity contribution is 6.30. The number of carbonyl (C=O) groups excluding carboxylic acids is 2. The summed E-state index contributed by atoms with van der Waals surface area (Å²) in [5, 5.41) is 3.47. The summed E-state index contributed by atoms with van der Waals surface area (Å²) in [5.74, 6) is -1.05. The minimum Gasteiger partial charge on any atom is -0.460 e. The van der Waals surface area contributed by atoms with Crippen LogP contribution in [-0.4, -0.2) is 17.5 Å². The summed E-state index contributed by atoms with van der Waals surface area (Å²) >= 11 is 6.06. The Hall–Kier alpha value is -2.40. The standard InChI is InChI=1S/C28H33ClFNO3/c1-27(2,3)34-26(33)28(14-15-28)17-18-8-13-22(30)23(16-18)31-25(32)24(19-6-4-5-7-19)20-9-11-21(29)12-10-20/h8-13,16,19,24H,4-7,14-15,17H2,1-3H3,(H,31,32). The summed E-state index contributed by atoms with van der Waals surface area (Å²) in [5.41, 5.74) is 0.754. The van der Waals surface area contributed by atoms with Gasteiger partial charge in [0.2, 0.25) is 5.91 Å². The first-order chi connectivity index (χ1) is 16.1. The number of hydrogen-bond acceptors (Lipinski definition) is 3. The molecule has 0 saturated heterocycles. The van der Waals surface area contributed by atoms with Gasteiger partial charge in [0.05, 0.1) is 17.0 Å². The molecule has 2 fully saturated rings. The van der Waals surface area contributed by atoms with Crippen molar-refractivity contribution in [2.45, 2.75) is 77.2 Å². The molecule has 4 rings (SSSR count). The van der Waals surface area contributed by atoms with E-state index in [-0.39, 0.29) is 29.4 Å². The normalized spacial score (nSPS) is 18.4. The number of nitrogens with one attached hydrogen (secondary N) is 1. The molecule has 2 aliphatic rings. The topological polar surface area (TPSA) is 55.4 Å². The molecular formula is C28H33ClFNO3. The van der Waals surface area contributed by atoms with E-state index >= 15 is 0 Å². The van der Waals surface area contributed by atoms with Crippen LogP contribution in [0.3, 0.4) is 0 Å². The molecule has 34 heavy (non-hydrogen) atoms. The number of esters is 1. The third kappa shape index (κ3) is 5.80. The van der Waals surface area contributed by atoms with Crippen molar-refractivity contribution in [3.63, 3.8) is 0 Å². The van der Waals surface area contributed by atoms with Crippen LogP contribution in [0.5, 0.6) is 0 Å². The molecule has 0 aromatic heterocycles. The van der Waals surface area contributed by atoms with Crippen LogP contribution in [0.4, 0.5) is 10.1 Å². The zero-order chi connectivity index (χ0) is 24.5. The molecule has 0 aliphatic heterocycles. The number of amides is 1. The van der Waals surface area contributed by atoms with Gasteiger partial charge in [-0.2, -0.15) is 0 Å². The first-order valence-corrected chi connectivity index (χ1v) is 12.5. The van der Waals surface area contributed by atoms with E-state index in [1.54, 1.807) is 24.3 Å². The Morgan fingerprint density at radius 2 is 1.76 bits per heavy atom. The first-order valence-electron chi connectivity index (χ1n) is 12.1. The van der Waals surface area contributed by atoms with Gasteiger partial charge in [-0.3, -0.25) is 9.59 Å². The van der Waals surface area contributed by atoms with Crippen molar-refractivity contribution in [3.8, 4) is 0 Å². The summed E-state index contributed by atoms with van der Waals surface area (Å²) in [6.45, 7) is 5.57.